The van der Waals surface area contributed by atoms with Crippen LogP contribution in [0.25, 0.3) is 0 Å². The maximum absolute atomic E-state index is 13.3. The minimum atomic E-state index is -0.731. The van der Waals surface area contributed by atoms with Crippen LogP contribution in [0.2, 0.25) is 0 Å². The van der Waals surface area contributed by atoms with Gasteiger partial charge in [0.2, 0.25) is 16.9 Å². The molecule has 2 aromatic heterocycles. The molecule has 5 rings (SSSR count). The zero-order valence-corrected chi connectivity index (χ0v) is 18.2. The number of anilines is 1. The summed E-state index contributed by atoms with van der Waals surface area (Å²) in [6, 6.07) is 5.64. The number of fused-ring (bicyclic) bond motifs is 1. The van der Waals surface area contributed by atoms with Crippen LogP contribution in [0.3, 0.4) is 0 Å². The number of aryl methyl sites for hydroxylation is 1. The number of aromatic nitrogens is 3. The van der Waals surface area contributed by atoms with E-state index in [9.17, 15) is 9.59 Å². The number of carbonyl (C=O) groups is 2. The third-order valence-electron chi connectivity index (χ3n) is 6.25. The summed E-state index contributed by atoms with van der Waals surface area (Å²) in [4.78, 5) is 32.5. The van der Waals surface area contributed by atoms with Crippen LogP contribution in [0.1, 0.15) is 36.9 Å². The van der Waals surface area contributed by atoms with Gasteiger partial charge < -0.3 is 15.0 Å². The second-order valence-electron chi connectivity index (χ2n) is 8.36. The summed E-state index contributed by atoms with van der Waals surface area (Å²) in [6.45, 7) is 3.00. The largest absolute Gasteiger partial charge is 0.360 e. The molecule has 0 saturated carbocycles. The van der Waals surface area contributed by atoms with Crippen molar-refractivity contribution in [2.24, 2.45) is 11.8 Å². The molecule has 0 unspecified atom stereocenters. The van der Waals surface area contributed by atoms with E-state index in [-0.39, 0.29) is 17.9 Å². The Bertz CT molecular complexity index is 1010. The SMILES string of the molecule is CCCCCc1nnc(NC(=O)[C@H]2[C@H]3C=C[C@]4(CN(Cc5ccccn5)C(=O)[C@@H]24)O3)s1. The van der Waals surface area contributed by atoms with Gasteiger partial charge in [-0.1, -0.05) is 49.3 Å². The van der Waals surface area contributed by atoms with Gasteiger partial charge in [-0.2, -0.15) is 0 Å². The number of ether oxygens (including phenoxy) is 1. The van der Waals surface area contributed by atoms with Crippen molar-refractivity contribution in [3.63, 3.8) is 0 Å². The van der Waals surface area contributed by atoms with E-state index in [1.807, 2.05) is 30.4 Å². The third kappa shape index (κ3) is 3.65. The molecule has 2 saturated heterocycles. The molecule has 2 fully saturated rings. The molecule has 4 atom stereocenters. The predicted molar refractivity (Wildman–Crippen MR) is 115 cm³/mol. The van der Waals surface area contributed by atoms with Crippen molar-refractivity contribution >= 4 is 28.3 Å². The molecule has 2 amide bonds. The Kier molecular flexibility index (Phi) is 5.31. The molecule has 1 N–H and O–H groups in total. The Morgan fingerprint density at radius 2 is 2.26 bits per heavy atom. The van der Waals surface area contributed by atoms with E-state index >= 15 is 0 Å². The highest BCUT2D eigenvalue weighted by atomic mass is 32.1. The molecule has 2 bridgehead atoms. The molecule has 3 aliphatic heterocycles. The van der Waals surface area contributed by atoms with Crippen LogP contribution in [-0.2, 0) is 27.3 Å². The van der Waals surface area contributed by atoms with Crippen LogP contribution >= 0.6 is 11.3 Å². The zero-order valence-electron chi connectivity index (χ0n) is 17.4. The van der Waals surface area contributed by atoms with Crippen molar-refractivity contribution < 1.29 is 14.3 Å². The third-order valence-corrected chi connectivity index (χ3v) is 7.15. The van der Waals surface area contributed by atoms with Gasteiger partial charge in [-0.05, 0) is 18.6 Å². The number of nitrogens with one attached hydrogen (secondary N) is 1. The topological polar surface area (TPSA) is 97.3 Å². The van der Waals surface area contributed by atoms with E-state index in [4.69, 9.17) is 4.74 Å². The van der Waals surface area contributed by atoms with E-state index in [1.165, 1.54) is 11.3 Å². The first kappa shape index (κ1) is 20.3. The van der Waals surface area contributed by atoms with Crippen molar-refractivity contribution in [2.45, 2.75) is 50.9 Å². The summed E-state index contributed by atoms with van der Waals surface area (Å²) in [5.74, 6) is -1.39. The molecular weight excluding hydrogens is 414 g/mol. The van der Waals surface area contributed by atoms with E-state index in [0.717, 1.165) is 36.4 Å². The summed E-state index contributed by atoms with van der Waals surface area (Å²) in [5.41, 5.74) is 0.0848. The van der Waals surface area contributed by atoms with Gasteiger partial charge >= 0.3 is 0 Å². The van der Waals surface area contributed by atoms with Gasteiger partial charge in [0.25, 0.3) is 0 Å². The van der Waals surface area contributed by atoms with E-state index in [2.05, 4.69) is 27.4 Å². The number of amides is 2. The molecule has 5 heterocycles. The first-order valence-electron chi connectivity index (χ1n) is 10.8. The molecule has 2 aromatic rings. The number of nitrogens with zero attached hydrogens (tertiary/aromatic N) is 4. The van der Waals surface area contributed by atoms with Gasteiger partial charge in [0, 0.05) is 12.6 Å². The van der Waals surface area contributed by atoms with Crippen molar-refractivity contribution in [2.75, 3.05) is 11.9 Å². The Morgan fingerprint density at radius 1 is 1.35 bits per heavy atom. The van der Waals surface area contributed by atoms with Crippen molar-refractivity contribution in [3.05, 3.63) is 47.2 Å². The Hall–Kier alpha value is -2.65. The maximum atomic E-state index is 13.3. The Balaban J connectivity index is 1.29. The summed E-state index contributed by atoms with van der Waals surface area (Å²) in [6.07, 6.45) is 9.42. The lowest BCUT2D eigenvalue weighted by atomic mass is 9.77. The van der Waals surface area contributed by atoms with Crippen LogP contribution in [0, 0.1) is 11.8 Å². The monoisotopic (exact) mass is 439 g/mol. The molecule has 1 spiro atoms. The van der Waals surface area contributed by atoms with Crippen LogP contribution in [0.4, 0.5) is 5.13 Å². The van der Waals surface area contributed by atoms with Gasteiger partial charge in [-0.3, -0.25) is 14.6 Å². The highest BCUT2D eigenvalue weighted by Crippen LogP contribution is 2.52. The number of rotatable bonds is 8. The number of pyridine rings is 1. The number of hydrogen-bond donors (Lipinski definition) is 1. The molecule has 31 heavy (non-hydrogen) atoms. The van der Waals surface area contributed by atoms with Gasteiger partial charge in [-0.25, -0.2) is 0 Å². The summed E-state index contributed by atoms with van der Waals surface area (Å²) in [5, 5.41) is 12.6. The fourth-order valence-corrected chi connectivity index (χ4v) is 5.60. The van der Waals surface area contributed by atoms with Crippen molar-refractivity contribution in [1.29, 1.82) is 0 Å². The van der Waals surface area contributed by atoms with E-state index < -0.39 is 17.4 Å². The van der Waals surface area contributed by atoms with Gasteiger partial charge in [0.1, 0.15) is 10.6 Å². The average Bonchev–Trinajstić information content (AvgIpc) is 3.51. The maximum Gasteiger partial charge on any atom is 0.233 e. The number of carbonyl (C=O) groups excluding carboxylic acids is 2. The van der Waals surface area contributed by atoms with Crippen LogP contribution in [0.5, 0.6) is 0 Å². The van der Waals surface area contributed by atoms with Crippen molar-refractivity contribution in [1.82, 2.24) is 20.1 Å². The fraction of sp³-hybridized carbons (Fsp3) is 0.500. The van der Waals surface area contributed by atoms with Gasteiger partial charge in [0.05, 0.1) is 36.7 Å². The fourth-order valence-electron chi connectivity index (χ4n) is 4.82. The lowest BCUT2D eigenvalue weighted by molar-refractivity contribution is -0.136. The van der Waals surface area contributed by atoms with Gasteiger partial charge in [0.15, 0.2) is 0 Å². The molecule has 162 valence electrons. The average molecular weight is 440 g/mol. The molecule has 0 aliphatic carbocycles. The summed E-state index contributed by atoms with van der Waals surface area (Å²) in [7, 11) is 0. The van der Waals surface area contributed by atoms with Crippen molar-refractivity contribution in [3.8, 4) is 0 Å². The van der Waals surface area contributed by atoms with Gasteiger partial charge in [-0.15, -0.1) is 10.2 Å². The molecule has 0 radical (unpaired) electrons. The lowest BCUT2D eigenvalue weighted by Crippen LogP contribution is -2.41. The standard InChI is InChI=1S/C22H25N5O3S/c1-2-3-4-8-16-25-26-21(31-16)24-19(28)17-15-9-10-22(30-15)13-27(20(29)18(17)22)12-14-7-5-6-11-23-14/h5-7,9-11,15,17-18H,2-4,8,12-13H2,1H3,(H,24,26,28)/t15-,17+,18-,22-/m1/s1. The smallest absolute Gasteiger partial charge is 0.233 e. The second kappa shape index (κ2) is 8.12. The second-order valence-corrected chi connectivity index (χ2v) is 9.42. The zero-order chi connectivity index (χ0) is 21.4. The normalized spacial score (nSPS) is 28.4. The molecule has 3 aliphatic rings. The Labute approximate surface area is 184 Å². The van der Waals surface area contributed by atoms with Crippen LogP contribution in [0.15, 0.2) is 36.5 Å². The highest BCUT2D eigenvalue weighted by Gasteiger charge is 2.66. The Morgan fingerprint density at radius 3 is 3.06 bits per heavy atom. The molecular formula is C22H25N5O3S. The minimum Gasteiger partial charge on any atom is -0.360 e. The summed E-state index contributed by atoms with van der Waals surface area (Å²) < 4.78 is 6.18. The number of unbranched alkanes of at least 4 members (excludes halogenated alkanes) is 2. The first-order valence-corrected chi connectivity index (χ1v) is 11.6. The quantitative estimate of drug-likeness (QED) is 0.502. The predicted octanol–water partition coefficient (Wildman–Crippen LogP) is 2.59. The van der Waals surface area contributed by atoms with E-state index in [1.54, 1.807) is 11.1 Å². The highest BCUT2D eigenvalue weighted by molar-refractivity contribution is 7.15. The summed E-state index contributed by atoms with van der Waals surface area (Å²) >= 11 is 1.40. The molecule has 9 heteroatoms. The van der Waals surface area contributed by atoms with Crippen LogP contribution < -0.4 is 5.32 Å². The molecule has 0 aromatic carbocycles. The lowest BCUT2D eigenvalue weighted by Gasteiger charge is -2.22. The molecule has 8 nitrogen and oxygen atoms in total. The minimum absolute atomic E-state index is 0.0600. The first-order chi connectivity index (χ1) is 15.1. The van der Waals surface area contributed by atoms with Crippen LogP contribution in [-0.4, -0.2) is 50.1 Å². The number of hydrogen-bond acceptors (Lipinski definition) is 7. The van der Waals surface area contributed by atoms with E-state index in [0.29, 0.717) is 18.2 Å². The number of likely N-dealkylation sites (tertiary alicyclic amines) is 1.